The zero-order valence-electron chi connectivity index (χ0n) is 9.01. The Morgan fingerprint density at radius 1 is 1.44 bits per heavy atom. The van der Waals surface area contributed by atoms with Crippen molar-refractivity contribution in [3.8, 4) is 0 Å². The lowest BCUT2D eigenvalue weighted by Crippen LogP contribution is -2.18. The fraction of sp³-hybridized carbons (Fsp3) is 0.333. The maximum absolute atomic E-state index is 11.4. The number of para-hydroxylation sites is 2. The van der Waals surface area contributed by atoms with E-state index < -0.39 is 0 Å². The maximum atomic E-state index is 11.4. The minimum Gasteiger partial charge on any atom is -0.440 e. The Bertz CT molecular complexity index is 514. The van der Waals surface area contributed by atoms with Gasteiger partial charge in [0.2, 0.25) is 11.8 Å². The van der Waals surface area contributed by atoms with E-state index in [4.69, 9.17) is 4.42 Å². The average molecular weight is 216 g/mol. The van der Waals surface area contributed by atoms with Crippen LogP contribution >= 0.6 is 0 Å². The molecular weight excluding hydrogens is 204 g/mol. The standard InChI is InChI=1S/C12H12N2O2/c1-14-7-8(6-11(14)15)12-13-9-4-2-3-5-10(9)16-12/h2-5,8H,6-7H2,1H3/t8-/m0/s1. The molecule has 1 saturated heterocycles. The summed E-state index contributed by atoms with van der Waals surface area (Å²) in [6, 6.07) is 7.67. The molecule has 0 aliphatic carbocycles. The zero-order valence-corrected chi connectivity index (χ0v) is 9.01. The van der Waals surface area contributed by atoms with Crippen molar-refractivity contribution in [1.29, 1.82) is 0 Å². The zero-order chi connectivity index (χ0) is 11.1. The van der Waals surface area contributed by atoms with Crippen molar-refractivity contribution in [2.45, 2.75) is 12.3 Å². The summed E-state index contributed by atoms with van der Waals surface area (Å²) in [7, 11) is 1.81. The molecule has 1 fully saturated rings. The van der Waals surface area contributed by atoms with Crippen LogP contribution in [0.3, 0.4) is 0 Å². The third-order valence-electron chi connectivity index (χ3n) is 3.00. The molecule has 2 heterocycles. The Balaban J connectivity index is 1.98. The number of likely N-dealkylation sites (N-methyl/N-ethyl adjacent to an activating group) is 1. The SMILES string of the molecule is CN1C[C@@H](c2nc3ccccc3o2)CC1=O. The summed E-state index contributed by atoms with van der Waals surface area (Å²) in [5, 5.41) is 0. The van der Waals surface area contributed by atoms with Crippen molar-refractivity contribution >= 4 is 17.0 Å². The molecule has 1 aliphatic rings. The monoisotopic (exact) mass is 216 g/mol. The minimum atomic E-state index is 0.102. The Kier molecular flexibility index (Phi) is 1.96. The molecule has 0 bridgehead atoms. The highest BCUT2D eigenvalue weighted by atomic mass is 16.3. The quantitative estimate of drug-likeness (QED) is 0.729. The number of carbonyl (C=O) groups is 1. The summed E-state index contributed by atoms with van der Waals surface area (Å²) < 4.78 is 5.66. The second-order valence-electron chi connectivity index (χ2n) is 4.20. The average Bonchev–Trinajstić information content (AvgIpc) is 2.83. The van der Waals surface area contributed by atoms with Crippen molar-refractivity contribution in [3.63, 3.8) is 0 Å². The Hall–Kier alpha value is -1.84. The number of carbonyl (C=O) groups excluding carboxylic acids is 1. The van der Waals surface area contributed by atoms with Crippen LogP contribution in [-0.2, 0) is 4.79 Å². The highest BCUT2D eigenvalue weighted by molar-refractivity contribution is 5.79. The van der Waals surface area contributed by atoms with E-state index in [1.165, 1.54) is 0 Å². The summed E-state index contributed by atoms with van der Waals surface area (Å²) in [6.07, 6.45) is 0.503. The highest BCUT2D eigenvalue weighted by Gasteiger charge is 2.31. The van der Waals surface area contributed by atoms with E-state index in [0.29, 0.717) is 18.9 Å². The molecule has 0 N–H and O–H groups in total. The number of benzene rings is 1. The van der Waals surface area contributed by atoms with Gasteiger partial charge in [-0.3, -0.25) is 4.79 Å². The molecule has 4 nitrogen and oxygen atoms in total. The molecule has 2 aromatic rings. The summed E-state index contributed by atoms with van der Waals surface area (Å²) in [6.45, 7) is 0.700. The predicted molar refractivity (Wildman–Crippen MR) is 59.0 cm³/mol. The predicted octanol–water partition coefficient (Wildman–Crippen LogP) is 1.77. The number of amides is 1. The van der Waals surface area contributed by atoms with Crippen LogP contribution in [0.25, 0.3) is 11.1 Å². The normalized spacial score (nSPS) is 20.9. The van der Waals surface area contributed by atoms with Crippen molar-refractivity contribution in [2.75, 3.05) is 13.6 Å². The largest absolute Gasteiger partial charge is 0.440 e. The third-order valence-corrected chi connectivity index (χ3v) is 3.00. The second kappa shape index (κ2) is 3.33. The lowest BCUT2D eigenvalue weighted by atomic mass is 10.1. The van der Waals surface area contributed by atoms with Gasteiger partial charge in [0.15, 0.2) is 5.58 Å². The number of rotatable bonds is 1. The Morgan fingerprint density at radius 2 is 2.25 bits per heavy atom. The number of nitrogens with zero attached hydrogens (tertiary/aromatic N) is 2. The van der Waals surface area contributed by atoms with Crippen LogP contribution in [0.4, 0.5) is 0 Å². The first-order valence-electron chi connectivity index (χ1n) is 5.33. The molecule has 0 spiro atoms. The van der Waals surface area contributed by atoms with Gasteiger partial charge in [-0.15, -0.1) is 0 Å². The second-order valence-corrected chi connectivity index (χ2v) is 4.20. The van der Waals surface area contributed by atoms with Gasteiger partial charge in [0, 0.05) is 20.0 Å². The van der Waals surface area contributed by atoms with E-state index in [9.17, 15) is 4.79 Å². The fourth-order valence-corrected chi connectivity index (χ4v) is 2.09. The van der Waals surface area contributed by atoms with Crippen molar-refractivity contribution < 1.29 is 9.21 Å². The van der Waals surface area contributed by atoms with Gasteiger partial charge in [0.25, 0.3) is 0 Å². The van der Waals surface area contributed by atoms with Crippen LogP contribution in [-0.4, -0.2) is 29.4 Å². The molecule has 82 valence electrons. The van der Waals surface area contributed by atoms with Crippen LogP contribution in [0.1, 0.15) is 18.2 Å². The summed E-state index contributed by atoms with van der Waals surface area (Å²) in [5.41, 5.74) is 1.65. The molecule has 4 heteroatoms. The molecule has 16 heavy (non-hydrogen) atoms. The lowest BCUT2D eigenvalue weighted by Gasteiger charge is -2.06. The molecule has 1 atom stereocenters. The van der Waals surface area contributed by atoms with E-state index in [1.54, 1.807) is 4.90 Å². The number of hydrogen-bond donors (Lipinski definition) is 0. The van der Waals surface area contributed by atoms with E-state index in [2.05, 4.69) is 4.98 Å². The van der Waals surface area contributed by atoms with Crippen molar-refractivity contribution in [1.82, 2.24) is 9.88 Å². The lowest BCUT2D eigenvalue weighted by molar-refractivity contribution is -0.126. The van der Waals surface area contributed by atoms with Gasteiger partial charge < -0.3 is 9.32 Å². The van der Waals surface area contributed by atoms with Crippen molar-refractivity contribution in [3.05, 3.63) is 30.2 Å². The molecule has 1 aliphatic heterocycles. The van der Waals surface area contributed by atoms with E-state index in [1.807, 2.05) is 31.3 Å². The summed E-state index contributed by atoms with van der Waals surface area (Å²) in [5.74, 6) is 0.941. The molecule has 0 radical (unpaired) electrons. The van der Waals surface area contributed by atoms with E-state index in [0.717, 1.165) is 11.1 Å². The Labute approximate surface area is 92.9 Å². The van der Waals surface area contributed by atoms with Crippen LogP contribution in [0.15, 0.2) is 28.7 Å². The molecule has 1 aromatic heterocycles. The molecular formula is C12H12N2O2. The number of aromatic nitrogens is 1. The van der Waals surface area contributed by atoms with Gasteiger partial charge in [0.05, 0.1) is 5.92 Å². The number of hydrogen-bond acceptors (Lipinski definition) is 3. The van der Waals surface area contributed by atoms with Crippen molar-refractivity contribution in [2.24, 2.45) is 0 Å². The van der Waals surface area contributed by atoms with Gasteiger partial charge in [-0.1, -0.05) is 12.1 Å². The molecule has 1 aromatic carbocycles. The van der Waals surface area contributed by atoms with Gasteiger partial charge in [-0.25, -0.2) is 4.98 Å². The molecule has 0 saturated carbocycles. The van der Waals surface area contributed by atoms with Gasteiger partial charge in [0.1, 0.15) is 5.52 Å². The molecule has 3 rings (SSSR count). The summed E-state index contributed by atoms with van der Waals surface area (Å²) >= 11 is 0. The number of fused-ring (bicyclic) bond motifs is 1. The third kappa shape index (κ3) is 1.38. The van der Waals surface area contributed by atoms with Crippen LogP contribution in [0, 0.1) is 0 Å². The first-order valence-corrected chi connectivity index (χ1v) is 5.33. The van der Waals surface area contributed by atoms with Crippen LogP contribution < -0.4 is 0 Å². The molecule has 0 unspecified atom stereocenters. The minimum absolute atomic E-state index is 0.102. The van der Waals surface area contributed by atoms with Gasteiger partial charge in [-0.2, -0.15) is 0 Å². The van der Waals surface area contributed by atoms with Crippen LogP contribution in [0.2, 0.25) is 0 Å². The number of oxazole rings is 1. The van der Waals surface area contributed by atoms with Crippen LogP contribution in [0.5, 0.6) is 0 Å². The molecule has 1 amide bonds. The number of likely N-dealkylation sites (tertiary alicyclic amines) is 1. The first kappa shape index (κ1) is 9.39. The maximum Gasteiger partial charge on any atom is 0.223 e. The van der Waals surface area contributed by atoms with E-state index in [-0.39, 0.29) is 11.8 Å². The first-order chi connectivity index (χ1) is 7.74. The van der Waals surface area contributed by atoms with Gasteiger partial charge in [-0.05, 0) is 12.1 Å². The van der Waals surface area contributed by atoms with Gasteiger partial charge >= 0.3 is 0 Å². The Morgan fingerprint density at radius 3 is 2.94 bits per heavy atom. The highest BCUT2D eigenvalue weighted by Crippen LogP contribution is 2.28. The smallest absolute Gasteiger partial charge is 0.223 e. The topological polar surface area (TPSA) is 46.3 Å². The fourth-order valence-electron chi connectivity index (χ4n) is 2.09. The summed E-state index contributed by atoms with van der Waals surface area (Å²) in [4.78, 5) is 17.6. The van der Waals surface area contributed by atoms with E-state index >= 15 is 0 Å².